The van der Waals surface area contributed by atoms with Crippen LogP contribution in [0, 0.1) is 0 Å². The first kappa shape index (κ1) is 11.9. The van der Waals surface area contributed by atoms with Gasteiger partial charge in [0.25, 0.3) is 0 Å². The zero-order valence-electron chi connectivity index (χ0n) is 11.7. The first-order valence-electron chi connectivity index (χ1n) is 7.95. The van der Waals surface area contributed by atoms with Crippen LogP contribution in [0.4, 0.5) is 0 Å². The van der Waals surface area contributed by atoms with E-state index in [2.05, 4.69) is 34.1 Å². The Labute approximate surface area is 116 Å². The predicted molar refractivity (Wildman–Crippen MR) is 77.9 cm³/mol. The van der Waals surface area contributed by atoms with Crippen LogP contribution in [0.25, 0.3) is 0 Å². The summed E-state index contributed by atoms with van der Waals surface area (Å²) >= 11 is 0. The van der Waals surface area contributed by atoms with E-state index in [4.69, 9.17) is 0 Å². The van der Waals surface area contributed by atoms with Crippen LogP contribution in [0.3, 0.4) is 0 Å². The zero-order valence-corrected chi connectivity index (χ0v) is 11.7. The quantitative estimate of drug-likeness (QED) is 0.762. The Kier molecular flexibility index (Phi) is 3.08. The van der Waals surface area contributed by atoms with Crippen LogP contribution in [0.15, 0.2) is 24.3 Å². The van der Waals surface area contributed by atoms with Crippen molar-refractivity contribution in [3.05, 3.63) is 35.4 Å². The zero-order chi connectivity index (χ0) is 12.7. The molecule has 1 aliphatic carbocycles. The van der Waals surface area contributed by atoms with E-state index >= 15 is 0 Å². The maximum Gasteiger partial charge on any atom is 0.0516 e. The lowest BCUT2D eigenvalue weighted by atomic mass is 9.93. The van der Waals surface area contributed by atoms with E-state index < -0.39 is 0 Å². The molecule has 3 aliphatic rings. The van der Waals surface area contributed by atoms with Crippen LogP contribution in [0.1, 0.15) is 43.2 Å². The molecule has 0 aromatic heterocycles. The van der Waals surface area contributed by atoms with E-state index in [1.54, 1.807) is 11.1 Å². The van der Waals surface area contributed by atoms with Gasteiger partial charge in [-0.1, -0.05) is 43.5 Å². The standard InChI is InChI=1S/C17H24N2/c1-2-8-16(9-3-1)19-12-17-10-14-6-4-5-7-15(14)11-18(17)13-19/h4-7,16-17H,1-3,8-13H2. The van der Waals surface area contributed by atoms with Crippen LogP contribution < -0.4 is 0 Å². The minimum atomic E-state index is 0.775. The van der Waals surface area contributed by atoms with Gasteiger partial charge in [-0.25, -0.2) is 0 Å². The molecular formula is C17H24N2. The van der Waals surface area contributed by atoms with Crippen molar-refractivity contribution in [2.24, 2.45) is 0 Å². The molecule has 0 N–H and O–H groups in total. The number of hydrogen-bond donors (Lipinski definition) is 0. The molecule has 1 saturated heterocycles. The Morgan fingerprint density at radius 1 is 0.842 bits per heavy atom. The van der Waals surface area contributed by atoms with Gasteiger partial charge in [0, 0.05) is 25.2 Å². The smallest absolute Gasteiger partial charge is 0.0516 e. The molecule has 2 heteroatoms. The highest BCUT2D eigenvalue weighted by Gasteiger charge is 2.36. The van der Waals surface area contributed by atoms with Crippen LogP contribution >= 0.6 is 0 Å². The fourth-order valence-corrected chi connectivity index (χ4v) is 4.26. The summed E-state index contributed by atoms with van der Waals surface area (Å²) < 4.78 is 0. The number of rotatable bonds is 1. The summed E-state index contributed by atoms with van der Waals surface area (Å²) in [6.45, 7) is 3.69. The molecule has 4 rings (SSSR count). The third-order valence-electron chi connectivity index (χ3n) is 5.36. The van der Waals surface area contributed by atoms with Crippen molar-refractivity contribution in [1.29, 1.82) is 0 Å². The van der Waals surface area contributed by atoms with Crippen molar-refractivity contribution < 1.29 is 0 Å². The maximum absolute atomic E-state index is 2.77. The summed E-state index contributed by atoms with van der Waals surface area (Å²) in [5, 5.41) is 0. The van der Waals surface area contributed by atoms with Gasteiger partial charge in [-0.05, 0) is 30.4 Å². The Balaban J connectivity index is 1.48. The van der Waals surface area contributed by atoms with Crippen molar-refractivity contribution in [2.75, 3.05) is 13.2 Å². The van der Waals surface area contributed by atoms with Crippen LogP contribution in [-0.4, -0.2) is 35.1 Å². The molecule has 1 aromatic carbocycles. The summed E-state index contributed by atoms with van der Waals surface area (Å²) in [7, 11) is 0. The van der Waals surface area contributed by atoms with Crippen molar-refractivity contribution in [3.8, 4) is 0 Å². The predicted octanol–water partition coefficient (Wildman–Crippen LogP) is 3.02. The summed E-state index contributed by atoms with van der Waals surface area (Å²) in [5.41, 5.74) is 3.15. The molecule has 102 valence electrons. The highest BCUT2D eigenvalue weighted by Crippen LogP contribution is 2.31. The highest BCUT2D eigenvalue weighted by atomic mass is 15.4. The van der Waals surface area contributed by atoms with Gasteiger partial charge >= 0.3 is 0 Å². The maximum atomic E-state index is 2.77. The molecule has 2 heterocycles. The highest BCUT2D eigenvalue weighted by molar-refractivity contribution is 5.30. The Morgan fingerprint density at radius 3 is 2.47 bits per heavy atom. The second-order valence-corrected chi connectivity index (χ2v) is 6.58. The van der Waals surface area contributed by atoms with E-state index in [1.165, 1.54) is 58.3 Å². The summed E-state index contributed by atoms with van der Waals surface area (Å²) in [6, 6.07) is 10.7. The second kappa shape index (κ2) is 4.92. The first-order chi connectivity index (χ1) is 9.40. The Bertz CT molecular complexity index is 417. The minimum absolute atomic E-state index is 0.775. The fraction of sp³-hybridized carbons (Fsp3) is 0.647. The number of benzene rings is 1. The van der Waals surface area contributed by atoms with Gasteiger partial charge in [0.1, 0.15) is 0 Å². The molecule has 0 radical (unpaired) electrons. The van der Waals surface area contributed by atoms with Gasteiger partial charge in [0.2, 0.25) is 0 Å². The van der Waals surface area contributed by atoms with E-state index in [9.17, 15) is 0 Å². The van der Waals surface area contributed by atoms with Gasteiger partial charge in [0.15, 0.2) is 0 Å². The molecular weight excluding hydrogens is 232 g/mol. The average molecular weight is 256 g/mol. The van der Waals surface area contributed by atoms with Crippen LogP contribution in [0.5, 0.6) is 0 Å². The summed E-state index contributed by atoms with van der Waals surface area (Å²) in [6.07, 6.45) is 8.50. The molecule has 1 unspecified atom stereocenters. The minimum Gasteiger partial charge on any atom is -0.286 e. The molecule has 0 amide bonds. The fourth-order valence-electron chi connectivity index (χ4n) is 4.26. The van der Waals surface area contributed by atoms with Crippen LogP contribution in [0.2, 0.25) is 0 Å². The summed E-state index contributed by atoms with van der Waals surface area (Å²) in [5.74, 6) is 0. The molecule has 0 spiro atoms. The van der Waals surface area contributed by atoms with E-state index in [-0.39, 0.29) is 0 Å². The van der Waals surface area contributed by atoms with Crippen LogP contribution in [-0.2, 0) is 13.0 Å². The molecule has 1 aromatic rings. The normalized spacial score (nSPS) is 29.2. The second-order valence-electron chi connectivity index (χ2n) is 6.58. The summed E-state index contributed by atoms with van der Waals surface area (Å²) in [4.78, 5) is 5.48. The lowest BCUT2D eigenvalue weighted by molar-refractivity contribution is 0.149. The first-order valence-corrected chi connectivity index (χ1v) is 7.95. The lowest BCUT2D eigenvalue weighted by Gasteiger charge is -2.31. The Hall–Kier alpha value is -0.860. The number of fused-ring (bicyclic) bond motifs is 2. The average Bonchev–Trinajstić information content (AvgIpc) is 2.88. The van der Waals surface area contributed by atoms with Gasteiger partial charge < -0.3 is 0 Å². The van der Waals surface area contributed by atoms with Gasteiger partial charge in [-0.2, -0.15) is 0 Å². The van der Waals surface area contributed by atoms with E-state index in [1.807, 2.05) is 0 Å². The largest absolute Gasteiger partial charge is 0.286 e. The van der Waals surface area contributed by atoms with Crippen molar-refractivity contribution in [2.45, 2.75) is 57.2 Å². The molecule has 2 aliphatic heterocycles. The molecule has 19 heavy (non-hydrogen) atoms. The number of nitrogens with zero attached hydrogens (tertiary/aromatic N) is 2. The number of hydrogen-bond acceptors (Lipinski definition) is 2. The van der Waals surface area contributed by atoms with E-state index in [0.29, 0.717) is 0 Å². The van der Waals surface area contributed by atoms with Crippen molar-refractivity contribution in [1.82, 2.24) is 9.80 Å². The Morgan fingerprint density at radius 2 is 1.63 bits per heavy atom. The van der Waals surface area contributed by atoms with Crippen molar-refractivity contribution >= 4 is 0 Å². The molecule has 1 saturated carbocycles. The third-order valence-corrected chi connectivity index (χ3v) is 5.36. The molecule has 1 atom stereocenters. The van der Waals surface area contributed by atoms with Gasteiger partial charge in [-0.15, -0.1) is 0 Å². The van der Waals surface area contributed by atoms with Gasteiger partial charge in [-0.3, -0.25) is 9.80 Å². The molecule has 0 bridgehead atoms. The lowest BCUT2D eigenvalue weighted by Crippen LogP contribution is -2.36. The third kappa shape index (κ3) is 2.21. The monoisotopic (exact) mass is 256 g/mol. The topological polar surface area (TPSA) is 6.48 Å². The van der Waals surface area contributed by atoms with Gasteiger partial charge in [0.05, 0.1) is 6.67 Å². The molecule has 2 fully saturated rings. The molecule has 2 nitrogen and oxygen atoms in total. The van der Waals surface area contributed by atoms with Crippen molar-refractivity contribution in [3.63, 3.8) is 0 Å². The SMILES string of the molecule is c1ccc2c(c1)CC1CN(C3CCCCC3)CN1C2. The van der Waals surface area contributed by atoms with E-state index in [0.717, 1.165) is 12.1 Å².